The van der Waals surface area contributed by atoms with Gasteiger partial charge in [-0.1, -0.05) is 24.3 Å². The zero-order valence-corrected chi connectivity index (χ0v) is 13.9. The van der Waals surface area contributed by atoms with Gasteiger partial charge in [-0.25, -0.2) is 14.8 Å². The lowest BCUT2D eigenvalue weighted by molar-refractivity contribution is 0.0602. The van der Waals surface area contributed by atoms with Crippen molar-refractivity contribution in [2.75, 3.05) is 19.5 Å². The highest BCUT2D eigenvalue weighted by atomic mass is 16.5. The zero-order chi connectivity index (χ0) is 17.6. The van der Waals surface area contributed by atoms with E-state index in [0.717, 1.165) is 11.3 Å². The van der Waals surface area contributed by atoms with Crippen LogP contribution in [0.15, 0.2) is 60.9 Å². The number of methoxy groups -OCH3 is 2. The Hall–Kier alpha value is -3.41. The summed E-state index contributed by atoms with van der Waals surface area (Å²) >= 11 is 0. The van der Waals surface area contributed by atoms with Crippen LogP contribution in [0.3, 0.4) is 0 Å². The first-order valence-electron chi connectivity index (χ1n) is 7.62. The minimum atomic E-state index is -0.415. The molecule has 25 heavy (non-hydrogen) atoms. The van der Waals surface area contributed by atoms with Crippen molar-refractivity contribution in [2.45, 2.75) is 0 Å². The van der Waals surface area contributed by atoms with Crippen molar-refractivity contribution >= 4 is 17.5 Å². The van der Waals surface area contributed by atoms with Gasteiger partial charge in [0.15, 0.2) is 0 Å². The van der Waals surface area contributed by atoms with E-state index >= 15 is 0 Å². The normalized spacial score (nSPS) is 10.2. The van der Waals surface area contributed by atoms with Crippen molar-refractivity contribution in [3.63, 3.8) is 0 Å². The van der Waals surface area contributed by atoms with Gasteiger partial charge in [0.25, 0.3) is 0 Å². The molecule has 3 rings (SSSR count). The molecule has 0 unspecified atom stereocenters. The third-order valence-corrected chi connectivity index (χ3v) is 3.65. The second-order valence-corrected chi connectivity index (χ2v) is 5.15. The Balaban J connectivity index is 1.95. The van der Waals surface area contributed by atoms with Crippen LogP contribution in [0.1, 0.15) is 10.4 Å². The maximum Gasteiger partial charge on any atom is 0.339 e. The smallest absolute Gasteiger partial charge is 0.339 e. The molecule has 0 amide bonds. The van der Waals surface area contributed by atoms with Gasteiger partial charge in [-0.2, -0.15) is 0 Å². The summed E-state index contributed by atoms with van der Waals surface area (Å²) in [5.74, 6) is 0.872. The van der Waals surface area contributed by atoms with Crippen LogP contribution in [0.5, 0.6) is 5.75 Å². The molecule has 0 bridgehead atoms. The topological polar surface area (TPSA) is 73.3 Å². The van der Waals surface area contributed by atoms with Crippen molar-refractivity contribution in [1.29, 1.82) is 0 Å². The Morgan fingerprint density at radius 1 is 1.00 bits per heavy atom. The SMILES string of the molecule is COC(=O)c1ccccc1Nc1cc(-c2ccccc2OC)ncn1. The summed E-state index contributed by atoms with van der Waals surface area (Å²) in [4.78, 5) is 20.4. The van der Waals surface area contributed by atoms with Gasteiger partial charge in [0.05, 0.1) is 31.2 Å². The van der Waals surface area contributed by atoms with E-state index in [4.69, 9.17) is 9.47 Å². The highest BCUT2D eigenvalue weighted by Crippen LogP contribution is 2.29. The molecule has 0 radical (unpaired) electrons. The molecule has 2 aromatic carbocycles. The van der Waals surface area contributed by atoms with E-state index in [0.29, 0.717) is 22.8 Å². The lowest BCUT2D eigenvalue weighted by Crippen LogP contribution is -2.06. The number of aromatic nitrogens is 2. The van der Waals surface area contributed by atoms with Gasteiger partial charge in [0.2, 0.25) is 0 Å². The number of nitrogens with one attached hydrogen (secondary N) is 1. The number of rotatable bonds is 5. The monoisotopic (exact) mass is 335 g/mol. The average molecular weight is 335 g/mol. The maximum absolute atomic E-state index is 11.9. The van der Waals surface area contributed by atoms with E-state index < -0.39 is 5.97 Å². The van der Waals surface area contributed by atoms with Crippen molar-refractivity contribution in [3.05, 3.63) is 66.5 Å². The summed E-state index contributed by atoms with van der Waals surface area (Å²) in [6.45, 7) is 0. The first-order valence-corrected chi connectivity index (χ1v) is 7.62. The Morgan fingerprint density at radius 2 is 1.76 bits per heavy atom. The summed E-state index contributed by atoms with van der Waals surface area (Å²) in [6.07, 6.45) is 1.46. The standard InChI is InChI=1S/C19H17N3O3/c1-24-17-10-6-4-7-13(17)16-11-18(21-12-20-16)22-15-9-5-3-8-14(15)19(23)25-2/h3-12H,1-2H3,(H,20,21,22). The molecular weight excluding hydrogens is 318 g/mol. The molecule has 0 atom stereocenters. The Labute approximate surface area is 145 Å². The fraction of sp³-hybridized carbons (Fsp3) is 0.105. The van der Waals surface area contributed by atoms with Gasteiger partial charge in [0, 0.05) is 11.6 Å². The number of para-hydroxylation sites is 2. The van der Waals surface area contributed by atoms with Gasteiger partial charge in [-0.05, 0) is 24.3 Å². The van der Waals surface area contributed by atoms with Crippen LogP contribution in [0, 0.1) is 0 Å². The third kappa shape index (κ3) is 3.58. The average Bonchev–Trinajstić information content (AvgIpc) is 2.68. The molecule has 6 heteroatoms. The number of esters is 1. The summed E-state index contributed by atoms with van der Waals surface area (Å²) < 4.78 is 10.2. The Kier molecular flexibility index (Phi) is 4.89. The van der Waals surface area contributed by atoms with Gasteiger partial charge >= 0.3 is 5.97 Å². The van der Waals surface area contributed by atoms with Gasteiger partial charge in [0.1, 0.15) is 17.9 Å². The second kappa shape index (κ2) is 7.44. The third-order valence-electron chi connectivity index (χ3n) is 3.65. The molecule has 1 N–H and O–H groups in total. The lowest BCUT2D eigenvalue weighted by atomic mass is 10.1. The first kappa shape index (κ1) is 16.4. The molecule has 0 saturated carbocycles. The van der Waals surface area contributed by atoms with E-state index in [9.17, 15) is 4.79 Å². The van der Waals surface area contributed by atoms with Crippen molar-refractivity contribution in [3.8, 4) is 17.0 Å². The minimum Gasteiger partial charge on any atom is -0.496 e. The summed E-state index contributed by atoms with van der Waals surface area (Å²) in [6, 6.07) is 16.5. The highest BCUT2D eigenvalue weighted by molar-refractivity contribution is 5.96. The van der Waals surface area contributed by atoms with Crippen LogP contribution in [0.2, 0.25) is 0 Å². The molecule has 6 nitrogen and oxygen atoms in total. The quantitative estimate of drug-likeness (QED) is 0.717. The van der Waals surface area contributed by atoms with Crippen LogP contribution in [-0.2, 0) is 4.74 Å². The van der Waals surface area contributed by atoms with E-state index in [2.05, 4.69) is 15.3 Å². The van der Waals surface area contributed by atoms with Gasteiger partial charge in [-0.3, -0.25) is 0 Å². The molecular formula is C19H17N3O3. The number of hydrogen-bond donors (Lipinski definition) is 1. The van der Waals surface area contributed by atoms with Crippen molar-refractivity contribution in [1.82, 2.24) is 9.97 Å². The van der Waals surface area contributed by atoms with Gasteiger partial charge < -0.3 is 14.8 Å². The minimum absolute atomic E-state index is 0.415. The highest BCUT2D eigenvalue weighted by Gasteiger charge is 2.12. The predicted molar refractivity (Wildman–Crippen MR) is 95.1 cm³/mol. The Bertz CT molecular complexity index is 896. The van der Waals surface area contributed by atoms with Crippen LogP contribution >= 0.6 is 0 Å². The molecule has 0 aliphatic heterocycles. The number of carbonyl (C=O) groups excluding carboxylic acids is 1. The molecule has 0 spiro atoms. The van der Waals surface area contributed by atoms with E-state index in [1.807, 2.05) is 30.3 Å². The number of nitrogens with zero attached hydrogens (tertiary/aromatic N) is 2. The van der Waals surface area contributed by atoms with E-state index in [1.165, 1.54) is 13.4 Å². The summed E-state index contributed by atoms with van der Waals surface area (Å²) in [5, 5.41) is 3.14. The summed E-state index contributed by atoms with van der Waals surface area (Å²) in [7, 11) is 2.97. The molecule has 0 aliphatic carbocycles. The summed E-state index contributed by atoms with van der Waals surface area (Å²) in [5.41, 5.74) is 2.61. The number of hydrogen-bond acceptors (Lipinski definition) is 6. The van der Waals surface area contributed by atoms with Crippen LogP contribution in [0.4, 0.5) is 11.5 Å². The van der Waals surface area contributed by atoms with Crippen molar-refractivity contribution in [2.24, 2.45) is 0 Å². The molecule has 1 aromatic heterocycles. The Morgan fingerprint density at radius 3 is 2.56 bits per heavy atom. The molecule has 1 heterocycles. The fourth-order valence-corrected chi connectivity index (χ4v) is 2.45. The number of anilines is 2. The molecule has 3 aromatic rings. The number of carbonyl (C=O) groups is 1. The molecule has 0 saturated heterocycles. The second-order valence-electron chi connectivity index (χ2n) is 5.15. The largest absolute Gasteiger partial charge is 0.496 e. The van der Waals surface area contributed by atoms with E-state index in [-0.39, 0.29) is 0 Å². The van der Waals surface area contributed by atoms with Crippen LogP contribution < -0.4 is 10.1 Å². The molecule has 0 fully saturated rings. The van der Waals surface area contributed by atoms with Crippen LogP contribution in [-0.4, -0.2) is 30.2 Å². The van der Waals surface area contributed by atoms with Gasteiger partial charge in [-0.15, -0.1) is 0 Å². The molecule has 126 valence electrons. The fourth-order valence-electron chi connectivity index (χ4n) is 2.45. The predicted octanol–water partition coefficient (Wildman–Crippen LogP) is 3.68. The van der Waals surface area contributed by atoms with Crippen molar-refractivity contribution < 1.29 is 14.3 Å². The van der Waals surface area contributed by atoms with Crippen LogP contribution in [0.25, 0.3) is 11.3 Å². The lowest BCUT2D eigenvalue weighted by Gasteiger charge is -2.11. The number of benzene rings is 2. The molecule has 0 aliphatic rings. The zero-order valence-electron chi connectivity index (χ0n) is 13.9. The maximum atomic E-state index is 11.9. The number of ether oxygens (including phenoxy) is 2. The van der Waals surface area contributed by atoms with E-state index in [1.54, 1.807) is 31.4 Å². The first-order chi connectivity index (χ1) is 12.2.